The Morgan fingerprint density at radius 3 is 2.75 bits per heavy atom. The molecule has 2 rings (SSSR count). The number of esters is 1. The van der Waals surface area contributed by atoms with E-state index < -0.39 is 30.4 Å². The second-order valence-corrected chi connectivity index (χ2v) is 6.01. The Labute approximate surface area is 144 Å². The minimum Gasteiger partial charge on any atom is -0.457 e. The first kappa shape index (κ1) is 18.4. The van der Waals surface area contributed by atoms with Gasteiger partial charge >= 0.3 is 12.1 Å². The lowest BCUT2D eigenvalue weighted by Crippen LogP contribution is -2.14. The molecular formula is C15H11ClF3NO3S. The molecule has 24 heavy (non-hydrogen) atoms. The number of carbonyl (C=O) groups excluding carboxylic acids is 1. The number of carbonyl (C=O) groups is 1. The highest BCUT2D eigenvalue weighted by molar-refractivity contribution is 7.09. The van der Waals surface area contributed by atoms with Gasteiger partial charge in [-0.1, -0.05) is 18.2 Å². The van der Waals surface area contributed by atoms with Gasteiger partial charge in [0.1, 0.15) is 17.7 Å². The van der Waals surface area contributed by atoms with Crippen molar-refractivity contribution >= 4 is 28.9 Å². The predicted molar refractivity (Wildman–Crippen MR) is 82.5 cm³/mol. The maximum atomic E-state index is 12.7. The summed E-state index contributed by atoms with van der Waals surface area (Å²) >= 11 is 6.94. The zero-order chi connectivity index (χ0) is 17.9. The second kappa shape index (κ2) is 7.33. The number of benzene rings is 1. The molecular weight excluding hydrogens is 367 g/mol. The Bertz CT molecular complexity index is 747. The molecule has 0 bridgehead atoms. The van der Waals surface area contributed by atoms with Crippen molar-refractivity contribution in [3.63, 3.8) is 0 Å². The highest BCUT2D eigenvalue weighted by Gasteiger charge is 2.31. The lowest BCUT2D eigenvalue weighted by molar-refractivity contribution is -0.141. The van der Waals surface area contributed by atoms with Gasteiger partial charge in [0, 0.05) is 22.2 Å². The van der Waals surface area contributed by atoms with Gasteiger partial charge in [0.15, 0.2) is 0 Å². The van der Waals surface area contributed by atoms with Gasteiger partial charge in [-0.05, 0) is 18.2 Å². The van der Waals surface area contributed by atoms with Crippen LogP contribution in [0.5, 0.6) is 0 Å². The number of rotatable bonds is 5. The summed E-state index contributed by atoms with van der Waals surface area (Å²) in [4.78, 5) is 15.7. The van der Waals surface area contributed by atoms with Crippen LogP contribution in [-0.4, -0.2) is 16.1 Å². The standard InChI is InChI=1S/C15H11ClF3NO3S/c1-8(12(21)13-20-4-5-24-13)14(22)23-7-9-6-10(15(17,18)19)2-3-11(9)16/h2-6,12,21H,1,7H2. The van der Waals surface area contributed by atoms with E-state index in [0.29, 0.717) is 0 Å². The van der Waals surface area contributed by atoms with Gasteiger partial charge in [-0.3, -0.25) is 0 Å². The van der Waals surface area contributed by atoms with Crippen molar-refractivity contribution in [3.8, 4) is 0 Å². The smallest absolute Gasteiger partial charge is 0.416 e. The number of hydrogen-bond donors (Lipinski definition) is 1. The second-order valence-electron chi connectivity index (χ2n) is 4.68. The van der Waals surface area contributed by atoms with E-state index in [1.165, 1.54) is 6.20 Å². The number of thiazole rings is 1. The number of hydrogen-bond acceptors (Lipinski definition) is 5. The van der Waals surface area contributed by atoms with E-state index in [1.807, 2.05) is 0 Å². The Kier molecular flexibility index (Phi) is 5.63. The third kappa shape index (κ3) is 4.34. The Hall–Kier alpha value is -1.90. The molecule has 0 fully saturated rings. The average molecular weight is 378 g/mol. The summed E-state index contributed by atoms with van der Waals surface area (Å²) in [6.07, 6.45) is -4.42. The van der Waals surface area contributed by atoms with Crippen LogP contribution >= 0.6 is 22.9 Å². The van der Waals surface area contributed by atoms with E-state index in [0.717, 1.165) is 29.5 Å². The molecule has 1 N–H and O–H groups in total. The topological polar surface area (TPSA) is 59.4 Å². The normalized spacial score (nSPS) is 12.7. The number of nitrogens with zero attached hydrogens (tertiary/aromatic N) is 1. The molecule has 0 spiro atoms. The molecule has 0 saturated heterocycles. The van der Waals surface area contributed by atoms with Gasteiger partial charge in [-0.15, -0.1) is 11.3 Å². The van der Waals surface area contributed by atoms with Crippen molar-refractivity contribution in [2.24, 2.45) is 0 Å². The summed E-state index contributed by atoms with van der Waals surface area (Å²) in [7, 11) is 0. The highest BCUT2D eigenvalue weighted by Crippen LogP contribution is 2.32. The molecule has 0 aliphatic carbocycles. The Morgan fingerprint density at radius 2 is 2.17 bits per heavy atom. The summed E-state index contributed by atoms with van der Waals surface area (Å²) in [5.74, 6) is -0.953. The number of aliphatic hydroxyl groups is 1. The lowest BCUT2D eigenvalue weighted by Gasteiger charge is -2.13. The SMILES string of the molecule is C=C(C(=O)OCc1cc(C(F)(F)F)ccc1Cl)C(O)c1nccs1. The predicted octanol–water partition coefficient (Wildman–Crippen LogP) is 4.15. The van der Waals surface area contributed by atoms with Gasteiger partial charge in [0.05, 0.1) is 11.1 Å². The van der Waals surface area contributed by atoms with Crippen molar-refractivity contribution in [1.82, 2.24) is 4.98 Å². The van der Waals surface area contributed by atoms with Crippen molar-refractivity contribution in [2.45, 2.75) is 18.9 Å². The maximum absolute atomic E-state index is 12.7. The quantitative estimate of drug-likeness (QED) is 0.628. The van der Waals surface area contributed by atoms with Crippen LogP contribution in [0.1, 0.15) is 22.2 Å². The highest BCUT2D eigenvalue weighted by atomic mass is 35.5. The van der Waals surface area contributed by atoms with Crippen LogP contribution in [0.15, 0.2) is 41.9 Å². The van der Waals surface area contributed by atoms with Gasteiger partial charge in [-0.25, -0.2) is 9.78 Å². The molecule has 1 heterocycles. The van der Waals surface area contributed by atoms with Crippen molar-refractivity contribution in [2.75, 3.05) is 0 Å². The van der Waals surface area contributed by atoms with Crippen LogP contribution in [-0.2, 0) is 22.3 Å². The van der Waals surface area contributed by atoms with Gasteiger partial charge in [-0.2, -0.15) is 13.2 Å². The minimum absolute atomic E-state index is 0.00335. The number of aliphatic hydroxyl groups excluding tert-OH is 1. The van der Waals surface area contributed by atoms with E-state index in [2.05, 4.69) is 11.6 Å². The van der Waals surface area contributed by atoms with Gasteiger partial charge in [0.25, 0.3) is 0 Å². The summed E-state index contributed by atoms with van der Waals surface area (Å²) in [5, 5.41) is 11.8. The first-order chi connectivity index (χ1) is 11.2. The van der Waals surface area contributed by atoms with Crippen LogP contribution in [0, 0.1) is 0 Å². The van der Waals surface area contributed by atoms with E-state index >= 15 is 0 Å². The van der Waals surface area contributed by atoms with Crippen molar-refractivity contribution in [3.05, 3.63) is 63.1 Å². The zero-order valence-corrected chi connectivity index (χ0v) is 13.6. The first-order valence-corrected chi connectivity index (χ1v) is 7.75. The summed E-state index contributed by atoms with van der Waals surface area (Å²) in [5.41, 5.74) is -1.18. The Balaban J connectivity index is 2.05. The van der Waals surface area contributed by atoms with Crippen LogP contribution < -0.4 is 0 Å². The first-order valence-electron chi connectivity index (χ1n) is 6.49. The van der Waals surface area contributed by atoms with Crippen LogP contribution in [0.2, 0.25) is 5.02 Å². The molecule has 1 aromatic heterocycles. The van der Waals surface area contributed by atoms with Crippen LogP contribution in [0.3, 0.4) is 0 Å². The fourth-order valence-corrected chi connectivity index (χ4v) is 2.55. The van der Waals surface area contributed by atoms with E-state index in [4.69, 9.17) is 16.3 Å². The maximum Gasteiger partial charge on any atom is 0.416 e. The van der Waals surface area contributed by atoms with Crippen LogP contribution in [0.4, 0.5) is 13.2 Å². The molecule has 0 amide bonds. The fourth-order valence-electron chi connectivity index (χ4n) is 1.73. The molecule has 0 aliphatic rings. The molecule has 128 valence electrons. The molecule has 4 nitrogen and oxygen atoms in total. The van der Waals surface area contributed by atoms with E-state index in [1.54, 1.807) is 5.38 Å². The molecule has 1 unspecified atom stereocenters. The minimum atomic E-state index is -4.53. The zero-order valence-electron chi connectivity index (χ0n) is 12.0. The van der Waals surface area contributed by atoms with Gasteiger partial charge in [0.2, 0.25) is 0 Å². The van der Waals surface area contributed by atoms with E-state index in [9.17, 15) is 23.1 Å². The summed E-state index contributed by atoms with van der Waals surface area (Å²) in [6.45, 7) is 2.95. The van der Waals surface area contributed by atoms with Gasteiger partial charge < -0.3 is 9.84 Å². The molecule has 1 atom stereocenters. The van der Waals surface area contributed by atoms with Crippen molar-refractivity contribution < 1.29 is 27.8 Å². The summed E-state index contributed by atoms with van der Waals surface area (Å²) in [6, 6.07) is 2.71. The molecule has 2 aromatic rings. The molecule has 0 radical (unpaired) electrons. The number of halogens is 4. The third-order valence-corrected chi connectivity index (χ3v) is 4.21. The molecule has 1 aromatic carbocycles. The summed E-state index contributed by atoms with van der Waals surface area (Å²) < 4.78 is 42.9. The molecule has 0 aliphatic heterocycles. The monoisotopic (exact) mass is 377 g/mol. The van der Waals surface area contributed by atoms with Crippen molar-refractivity contribution in [1.29, 1.82) is 0 Å². The third-order valence-electron chi connectivity index (χ3n) is 3.01. The number of alkyl halides is 3. The molecule has 9 heteroatoms. The average Bonchev–Trinajstić information content (AvgIpc) is 3.05. The number of ether oxygens (including phenoxy) is 1. The molecule has 0 saturated carbocycles. The lowest BCUT2D eigenvalue weighted by atomic mass is 10.1. The number of aromatic nitrogens is 1. The van der Waals surface area contributed by atoms with Crippen LogP contribution in [0.25, 0.3) is 0 Å². The Morgan fingerprint density at radius 1 is 1.46 bits per heavy atom. The fraction of sp³-hybridized carbons (Fsp3) is 0.200. The van der Waals surface area contributed by atoms with E-state index in [-0.39, 0.29) is 21.2 Å². The largest absolute Gasteiger partial charge is 0.457 e.